The molecular weight excluding hydrogens is 361 g/mol. The SMILES string of the molecule is CC1CN(CC(=O)N2CCN(C(=O)c3ccc(CO)c(F)c3)CC2C2CC2)C1. The number of carbonyl (C=O) groups excluding carboxylic acids is 2. The second kappa shape index (κ2) is 7.79. The van der Waals surface area contributed by atoms with Gasteiger partial charge in [0.2, 0.25) is 5.91 Å². The minimum Gasteiger partial charge on any atom is -0.392 e. The van der Waals surface area contributed by atoms with Gasteiger partial charge in [-0.05, 0) is 36.8 Å². The number of nitrogens with zero attached hydrogens (tertiary/aromatic N) is 3. The molecule has 1 N–H and O–H groups in total. The number of piperazine rings is 1. The molecule has 6 nitrogen and oxygen atoms in total. The fourth-order valence-corrected chi connectivity index (χ4v) is 4.42. The second-order valence-electron chi connectivity index (χ2n) is 8.51. The molecule has 28 heavy (non-hydrogen) atoms. The lowest BCUT2D eigenvalue weighted by Gasteiger charge is -2.44. The zero-order valence-electron chi connectivity index (χ0n) is 16.3. The van der Waals surface area contributed by atoms with Gasteiger partial charge >= 0.3 is 0 Å². The topological polar surface area (TPSA) is 64.1 Å². The van der Waals surface area contributed by atoms with Gasteiger partial charge in [-0.3, -0.25) is 14.5 Å². The molecule has 1 atom stereocenters. The maximum absolute atomic E-state index is 14.0. The Morgan fingerprint density at radius 1 is 1.18 bits per heavy atom. The summed E-state index contributed by atoms with van der Waals surface area (Å²) in [6.07, 6.45) is 2.19. The van der Waals surface area contributed by atoms with E-state index in [2.05, 4.69) is 11.8 Å². The average Bonchev–Trinajstić information content (AvgIpc) is 3.50. The van der Waals surface area contributed by atoms with Gasteiger partial charge in [0.1, 0.15) is 5.82 Å². The van der Waals surface area contributed by atoms with Gasteiger partial charge in [0.05, 0.1) is 19.2 Å². The van der Waals surface area contributed by atoms with E-state index in [0.717, 1.165) is 25.9 Å². The van der Waals surface area contributed by atoms with Gasteiger partial charge in [0.15, 0.2) is 0 Å². The Morgan fingerprint density at radius 3 is 2.54 bits per heavy atom. The molecule has 1 aromatic rings. The Hall–Kier alpha value is -1.99. The first kappa shape index (κ1) is 19.3. The van der Waals surface area contributed by atoms with E-state index in [-0.39, 0.29) is 30.0 Å². The van der Waals surface area contributed by atoms with Crippen LogP contribution in [0.1, 0.15) is 35.7 Å². The van der Waals surface area contributed by atoms with E-state index in [4.69, 9.17) is 5.11 Å². The van der Waals surface area contributed by atoms with E-state index in [1.54, 1.807) is 11.0 Å². The van der Waals surface area contributed by atoms with E-state index >= 15 is 0 Å². The minimum absolute atomic E-state index is 0.0606. The Bertz CT molecular complexity index is 761. The van der Waals surface area contributed by atoms with Gasteiger partial charge in [-0.15, -0.1) is 0 Å². The summed E-state index contributed by atoms with van der Waals surface area (Å²) in [5.41, 5.74) is 0.474. The summed E-state index contributed by atoms with van der Waals surface area (Å²) in [5.74, 6) is 0.513. The molecule has 3 aliphatic rings. The Balaban J connectivity index is 1.42. The highest BCUT2D eigenvalue weighted by Crippen LogP contribution is 2.37. The van der Waals surface area contributed by atoms with Gasteiger partial charge in [-0.25, -0.2) is 4.39 Å². The van der Waals surface area contributed by atoms with Crippen molar-refractivity contribution in [1.29, 1.82) is 0 Å². The number of carbonyl (C=O) groups is 2. The zero-order valence-corrected chi connectivity index (χ0v) is 16.3. The summed E-state index contributed by atoms with van der Waals surface area (Å²) in [4.78, 5) is 31.6. The van der Waals surface area contributed by atoms with E-state index in [1.165, 1.54) is 12.1 Å². The normalized spacial score (nSPS) is 23.6. The van der Waals surface area contributed by atoms with Crippen LogP contribution in [0, 0.1) is 17.7 Å². The summed E-state index contributed by atoms with van der Waals surface area (Å²) in [7, 11) is 0. The first-order valence-electron chi connectivity index (χ1n) is 10.2. The van der Waals surface area contributed by atoms with Crippen molar-refractivity contribution in [3.05, 3.63) is 35.1 Å². The van der Waals surface area contributed by atoms with Crippen molar-refractivity contribution in [1.82, 2.24) is 14.7 Å². The number of hydrogen-bond acceptors (Lipinski definition) is 4. The fraction of sp³-hybridized carbons (Fsp3) is 0.619. The summed E-state index contributed by atoms with van der Waals surface area (Å²) in [6, 6.07) is 4.27. The molecular formula is C21H28FN3O3. The molecule has 2 heterocycles. The van der Waals surface area contributed by atoms with Gasteiger partial charge < -0.3 is 14.9 Å². The molecule has 1 aliphatic carbocycles. The molecule has 152 valence electrons. The fourth-order valence-electron chi connectivity index (χ4n) is 4.42. The van der Waals surface area contributed by atoms with Crippen molar-refractivity contribution in [3.8, 4) is 0 Å². The van der Waals surface area contributed by atoms with Gasteiger partial charge in [-0.1, -0.05) is 13.0 Å². The third-order valence-corrected chi connectivity index (χ3v) is 6.16. The van der Waals surface area contributed by atoms with Crippen molar-refractivity contribution in [2.45, 2.75) is 32.4 Å². The quantitative estimate of drug-likeness (QED) is 0.825. The predicted molar refractivity (Wildman–Crippen MR) is 102 cm³/mol. The van der Waals surface area contributed by atoms with Crippen LogP contribution >= 0.6 is 0 Å². The van der Waals surface area contributed by atoms with Crippen LogP contribution in [0.25, 0.3) is 0 Å². The highest BCUT2D eigenvalue weighted by Gasteiger charge is 2.42. The first-order valence-corrected chi connectivity index (χ1v) is 10.2. The number of likely N-dealkylation sites (tertiary alicyclic amines) is 1. The molecule has 7 heteroatoms. The Kier molecular flexibility index (Phi) is 5.38. The number of hydrogen-bond donors (Lipinski definition) is 1. The molecule has 0 spiro atoms. The average molecular weight is 389 g/mol. The summed E-state index contributed by atoms with van der Waals surface area (Å²) in [6.45, 7) is 5.74. The Labute approximate surface area is 164 Å². The number of aliphatic hydroxyl groups is 1. The van der Waals surface area contributed by atoms with Gasteiger partial charge in [-0.2, -0.15) is 0 Å². The van der Waals surface area contributed by atoms with Crippen LogP contribution < -0.4 is 0 Å². The van der Waals surface area contributed by atoms with E-state index in [0.29, 0.717) is 43.6 Å². The largest absolute Gasteiger partial charge is 0.392 e. The van der Waals surface area contributed by atoms with Gasteiger partial charge in [0.25, 0.3) is 5.91 Å². The van der Waals surface area contributed by atoms with Crippen LogP contribution in [0.3, 0.4) is 0 Å². The molecule has 2 amide bonds. The number of rotatable bonds is 5. The molecule has 3 fully saturated rings. The third kappa shape index (κ3) is 3.91. The number of benzene rings is 1. The molecule has 1 unspecified atom stereocenters. The predicted octanol–water partition coefficient (Wildman–Crippen LogP) is 1.33. The van der Waals surface area contributed by atoms with E-state index in [1.807, 2.05) is 4.90 Å². The van der Waals surface area contributed by atoms with Crippen LogP contribution in [0.15, 0.2) is 18.2 Å². The first-order chi connectivity index (χ1) is 13.5. The highest BCUT2D eigenvalue weighted by molar-refractivity contribution is 5.94. The third-order valence-electron chi connectivity index (χ3n) is 6.16. The van der Waals surface area contributed by atoms with Crippen LogP contribution in [-0.4, -0.2) is 76.9 Å². The summed E-state index contributed by atoms with van der Waals surface area (Å²) >= 11 is 0. The molecule has 2 saturated heterocycles. The lowest BCUT2D eigenvalue weighted by atomic mass is 10.0. The summed E-state index contributed by atoms with van der Waals surface area (Å²) < 4.78 is 14.0. The Morgan fingerprint density at radius 2 is 1.93 bits per heavy atom. The molecule has 4 rings (SSSR count). The van der Waals surface area contributed by atoms with Crippen LogP contribution in [0.4, 0.5) is 4.39 Å². The molecule has 0 bridgehead atoms. The lowest BCUT2D eigenvalue weighted by molar-refractivity contribution is -0.139. The van der Waals surface area contributed by atoms with Crippen molar-refractivity contribution in [2.24, 2.45) is 11.8 Å². The van der Waals surface area contributed by atoms with Crippen molar-refractivity contribution >= 4 is 11.8 Å². The summed E-state index contributed by atoms with van der Waals surface area (Å²) in [5, 5.41) is 9.10. The standard InChI is InChI=1S/C21H28FN3O3/c1-14-9-23(10-14)12-20(27)25-7-6-24(11-19(25)15-2-3-15)21(28)16-4-5-17(13-26)18(22)8-16/h4-5,8,14-15,19,26H,2-3,6-7,9-13H2,1H3. The van der Waals surface area contributed by atoms with Crippen molar-refractivity contribution in [3.63, 3.8) is 0 Å². The lowest BCUT2D eigenvalue weighted by Crippen LogP contribution is -2.60. The molecule has 0 aromatic heterocycles. The van der Waals surface area contributed by atoms with Crippen molar-refractivity contribution in [2.75, 3.05) is 39.3 Å². The maximum atomic E-state index is 14.0. The second-order valence-corrected chi connectivity index (χ2v) is 8.51. The zero-order chi connectivity index (χ0) is 19.8. The van der Waals surface area contributed by atoms with Crippen LogP contribution in [0.5, 0.6) is 0 Å². The number of halogens is 1. The minimum atomic E-state index is -0.565. The molecule has 2 aliphatic heterocycles. The van der Waals surface area contributed by atoms with Crippen LogP contribution in [-0.2, 0) is 11.4 Å². The monoisotopic (exact) mass is 389 g/mol. The smallest absolute Gasteiger partial charge is 0.254 e. The van der Waals surface area contributed by atoms with Gasteiger partial charge in [0, 0.05) is 43.9 Å². The molecule has 0 radical (unpaired) electrons. The highest BCUT2D eigenvalue weighted by atomic mass is 19.1. The van der Waals surface area contributed by atoms with E-state index in [9.17, 15) is 14.0 Å². The van der Waals surface area contributed by atoms with Crippen molar-refractivity contribution < 1.29 is 19.1 Å². The molecule has 1 saturated carbocycles. The van der Waals surface area contributed by atoms with E-state index < -0.39 is 5.82 Å². The molecule has 1 aromatic carbocycles. The number of amides is 2. The van der Waals surface area contributed by atoms with Crippen LogP contribution in [0.2, 0.25) is 0 Å². The maximum Gasteiger partial charge on any atom is 0.254 e. The number of aliphatic hydroxyl groups excluding tert-OH is 1.